The number of carbonyl (C=O) groups is 1. The number of benzene rings is 2. The number of piperidine rings is 1. The SMILES string of the molecule is COc1ccc2ncc(CN)c(C(O)CCC3(C(=O)O)CCN(CCNc4cc(F)cc(F)c4F)CC3)c2c1. The number of hydrogen-bond donors (Lipinski definition) is 4. The van der Waals surface area contributed by atoms with E-state index in [4.69, 9.17) is 10.5 Å². The number of rotatable bonds is 11. The maximum Gasteiger partial charge on any atom is 0.309 e. The predicted molar refractivity (Wildman–Crippen MR) is 141 cm³/mol. The number of ether oxygens (including phenoxy) is 1. The molecule has 2 aromatic carbocycles. The fourth-order valence-electron chi connectivity index (χ4n) is 5.28. The van der Waals surface area contributed by atoms with Crippen LogP contribution in [0, 0.1) is 22.9 Å². The van der Waals surface area contributed by atoms with Gasteiger partial charge in [-0.1, -0.05) is 0 Å². The Morgan fingerprint density at radius 3 is 2.64 bits per heavy atom. The maximum absolute atomic E-state index is 13.9. The monoisotopic (exact) mass is 546 g/mol. The first-order valence-electron chi connectivity index (χ1n) is 12.9. The van der Waals surface area contributed by atoms with E-state index in [0.717, 1.165) is 6.07 Å². The largest absolute Gasteiger partial charge is 0.497 e. The number of pyridine rings is 1. The van der Waals surface area contributed by atoms with Crippen LogP contribution in [-0.4, -0.2) is 59.4 Å². The van der Waals surface area contributed by atoms with Crippen molar-refractivity contribution in [3.63, 3.8) is 0 Å². The topological polar surface area (TPSA) is 121 Å². The summed E-state index contributed by atoms with van der Waals surface area (Å²) in [5.41, 5.74) is 6.67. The Labute approximate surface area is 224 Å². The molecular formula is C28H33F3N4O4. The highest BCUT2D eigenvalue weighted by atomic mass is 19.2. The fraction of sp³-hybridized carbons (Fsp3) is 0.429. The van der Waals surface area contributed by atoms with Gasteiger partial charge in [-0.05, 0) is 68.1 Å². The van der Waals surface area contributed by atoms with Crippen LogP contribution in [0.15, 0.2) is 36.5 Å². The molecule has 0 spiro atoms. The molecule has 4 rings (SSSR count). The second kappa shape index (κ2) is 12.2. The normalized spacial score (nSPS) is 16.3. The van der Waals surface area contributed by atoms with E-state index in [1.165, 1.54) is 0 Å². The first-order chi connectivity index (χ1) is 18.7. The summed E-state index contributed by atoms with van der Waals surface area (Å²) in [6, 6.07) is 6.76. The van der Waals surface area contributed by atoms with Crippen LogP contribution in [0.3, 0.4) is 0 Å². The van der Waals surface area contributed by atoms with Crippen LogP contribution in [0.4, 0.5) is 18.9 Å². The van der Waals surface area contributed by atoms with Gasteiger partial charge in [-0.2, -0.15) is 0 Å². The Kier molecular flexibility index (Phi) is 8.94. The van der Waals surface area contributed by atoms with Gasteiger partial charge in [-0.3, -0.25) is 9.78 Å². The van der Waals surface area contributed by atoms with Gasteiger partial charge >= 0.3 is 5.97 Å². The Morgan fingerprint density at radius 1 is 1.23 bits per heavy atom. The maximum atomic E-state index is 13.9. The van der Waals surface area contributed by atoms with Crippen molar-refractivity contribution in [2.75, 3.05) is 38.6 Å². The van der Waals surface area contributed by atoms with Crippen molar-refractivity contribution >= 4 is 22.6 Å². The van der Waals surface area contributed by atoms with Gasteiger partial charge in [-0.25, -0.2) is 13.2 Å². The van der Waals surface area contributed by atoms with Crippen molar-refractivity contribution in [3.8, 4) is 5.75 Å². The molecule has 1 aromatic heterocycles. The van der Waals surface area contributed by atoms with Gasteiger partial charge in [0.1, 0.15) is 11.6 Å². The molecule has 1 atom stereocenters. The number of aromatic nitrogens is 1. The highest BCUT2D eigenvalue weighted by Gasteiger charge is 2.41. The highest BCUT2D eigenvalue weighted by molar-refractivity contribution is 5.85. The summed E-state index contributed by atoms with van der Waals surface area (Å²) in [4.78, 5) is 18.8. The number of nitrogens with one attached hydrogen (secondary N) is 1. The molecular weight excluding hydrogens is 513 g/mol. The lowest BCUT2D eigenvalue weighted by atomic mass is 9.74. The zero-order valence-electron chi connectivity index (χ0n) is 21.7. The minimum atomic E-state index is -1.26. The summed E-state index contributed by atoms with van der Waals surface area (Å²) >= 11 is 0. The number of aliphatic hydroxyl groups excluding tert-OH is 1. The fourth-order valence-corrected chi connectivity index (χ4v) is 5.28. The lowest BCUT2D eigenvalue weighted by molar-refractivity contribution is -0.153. The third-order valence-corrected chi connectivity index (χ3v) is 7.65. The standard InChI is InChI=1S/C28H33F3N4O4/c1-39-19-2-3-22-20(14-19)25(17(15-32)16-34-22)24(36)4-5-28(27(37)38)6-9-35(10-7-28)11-8-33-23-13-18(29)12-21(30)26(23)31/h2-3,12-14,16,24,33,36H,4-11,15,32H2,1H3,(H,37,38). The number of carboxylic acids is 1. The average Bonchev–Trinajstić information content (AvgIpc) is 2.93. The molecule has 1 fully saturated rings. The third kappa shape index (κ3) is 6.26. The van der Waals surface area contributed by atoms with Crippen molar-refractivity contribution in [2.24, 2.45) is 11.1 Å². The van der Waals surface area contributed by atoms with Crippen molar-refractivity contribution < 1.29 is 32.9 Å². The number of aliphatic carboxylic acids is 1. The minimum absolute atomic E-state index is 0.172. The van der Waals surface area contributed by atoms with Crippen LogP contribution in [-0.2, 0) is 11.3 Å². The molecule has 8 nitrogen and oxygen atoms in total. The first-order valence-corrected chi connectivity index (χ1v) is 12.9. The van der Waals surface area contributed by atoms with E-state index >= 15 is 0 Å². The van der Waals surface area contributed by atoms with E-state index in [1.807, 2.05) is 4.90 Å². The van der Waals surface area contributed by atoms with Crippen LogP contribution in [0.2, 0.25) is 0 Å². The molecule has 0 saturated carbocycles. The lowest BCUT2D eigenvalue weighted by Crippen LogP contribution is -2.45. The summed E-state index contributed by atoms with van der Waals surface area (Å²) in [7, 11) is 1.55. The molecule has 0 bridgehead atoms. The van der Waals surface area contributed by atoms with Crippen LogP contribution in [0.25, 0.3) is 10.9 Å². The van der Waals surface area contributed by atoms with Gasteiger partial charge in [0.25, 0.3) is 0 Å². The number of anilines is 1. The number of carboxylic acid groups (broad SMARTS) is 1. The summed E-state index contributed by atoms with van der Waals surface area (Å²) < 4.78 is 46.0. The average molecular weight is 547 g/mol. The highest BCUT2D eigenvalue weighted by Crippen LogP contribution is 2.40. The number of nitrogens with two attached hydrogens (primary N) is 1. The van der Waals surface area contributed by atoms with Crippen LogP contribution >= 0.6 is 0 Å². The molecule has 11 heteroatoms. The molecule has 1 aliphatic heterocycles. The van der Waals surface area contributed by atoms with Gasteiger partial charge in [0, 0.05) is 43.4 Å². The molecule has 1 aliphatic rings. The molecule has 0 amide bonds. The van der Waals surface area contributed by atoms with E-state index < -0.39 is 34.9 Å². The first kappa shape index (κ1) is 28.6. The van der Waals surface area contributed by atoms with E-state index in [9.17, 15) is 28.2 Å². The molecule has 5 N–H and O–H groups in total. The molecule has 0 radical (unpaired) electrons. The summed E-state index contributed by atoms with van der Waals surface area (Å²) in [6.45, 7) is 1.81. The van der Waals surface area contributed by atoms with Crippen molar-refractivity contribution in [1.82, 2.24) is 9.88 Å². The zero-order valence-corrected chi connectivity index (χ0v) is 21.7. The molecule has 39 heavy (non-hydrogen) atoms. The van der Waals surface area contributed by atoms with E-state index in [1.54, 1.807) is 31.5 Å². The van der Waals surface area contributed by atoms with Crippen molar-refractivity contribution in [3.05, 3.63) is 65.1 Å². The molecule has 0 aliphatic carbocycles. The summed E-state index contributed by atoms with van der Waals surface area (Å²) in [6.07, 6.45) is 1.92. The molecule has 2 heterocycles. The predicted octanol–water partition coefficient (Wildman–Crippen LogP) is 4.21. The van der Waals surface area contributed by atoms with Gasteiger partial charge in [0.2, 0.25) is 0 Å². The number of halogens is 3. The van der Waals surface area contributed by atoms with Crippen LogP contribution in [0.5, 0.6) is 5.75 Å². The number of methoxy groups -OCH3 is 1. The Morgan fingerprint density at radius 2 is 1.97 bits per heavy atom. The Balaban J connectivity index is 1.39. The molecule has 1 unspecified atom stereocenters. The lowest BCUT2D eigenvalue weighted by Gasteiger charge is -2.39. The van der Waals surface area contributed by atoms with Crippen molar-refractivity contribution in [1.29, 1.82) is 0 Å². The van der Waals surface area contributed by atoms with Gasteiger partial charge < -0.3 is 30.9 Å². The minimum Gasteiger partial charge on any atom is -0.497 e. The number of nitrogens with zero attached hydrogens (tertiary/aromatic N) is 2. The zero-order chi connectivity index (χ0) is 28.2. The number of aliphatic hydroxyl groups is 1. The number of likely N-dealkylation sites (tertiary alicyclic amines) is 1. The Bertz CT molecular complexity index is 1330. The van der Waals surface area contributed by atoms with Crippen molar-refractivity contribution in [2.45, 2.75) is 38.3 Å². The number of hydrogen-bond acceptors (Lipinski definition) is 7. The van der Waals surface area contributed by atoms with E-state index in [-0.39, 0.29) is 31.6 Å². The van der Waals surface area contributed by atoms with Gasteiger partial charge in [0.15, 0.2) is 11.6 Å². The summed E-state index contributed by atoms with van der Waals surface area (Å²) in [5.74, 6) is -3.58. The van der Waals surface area contributed by atoms with Crippen LogP contribution in [0.1, 0.15) is 42.9 Å². The molecule has 3 aromatic rings. The Hall–Kier alpha value is -3.41. The van der Waals surface area contributed by atoms with E-state index in [2.05, 4.69) is 10.3 Å². The third-order valence-electron chi connectivity index (χ3n) is 7.65. The quantitative estimate of drug-likeness (QED) is 0.264. The van der Waals surface area contributed by atoms with Crippen LogP contribution < -0.4 is 15.8 Å². The van der Waals surface area contributed by atoms with Gasteiger partial charge in [0.05, 0.1) is 29.8 Å². The smallest absolute Gasteiger partial charge is 0.309 e. The molecule has 1 saturated heterocycles. The second-order valence-electron chi connectivity index (χ2n) is 9.94. The number of fused-ring (bicyclic) bond motifs is 1. The summed E-state index contributed by atoms with van der Waals surface area (Å²) in [5, 5.41) is 24.8. The second-order valence-corrected chi connectivity index (χ2v) is 9.94. The van der Waals surface area contributed by atoms with Gasteiger partial charge in [-0.15, -0.1) is 0 Å². The molecule has 210 valence electrons. The van der Waals surface area contributed by atoms with E-state index in [0.29, 0.717) is 66.3 Å².